The Hall–Kier alpha value is -1.89. The van der Waals surface area contributed by atoms with Crippen molar-refractivity contribution in [2.45, 2.75) is 19.1 Å². The van der Waals surface area contributed by atoms with Crippen LogP contribution >= 0.6 is 0 Å². The second-order valence-electron chi connectivity index (χ2n) is 7.10. The fourth-order valence-electron chi connectivity index (χ4n) is 3.94. The van der Waals surface area contributed by atoms with Gasteiger partial charge in [-0.15, -0.1) is 0 Å². The van der Waals surface area contributed by atoms with Gasteiger partial charge in [0.1, 0.15) is 11.9 Å². The highest BCUT2D eigenvalue weighted by Gasteiger charge is 2.32. The summed E-state index contributed by atoms with van der Waals surface area (Å²) in [7, 11) is 2.03. The highest BCUT2D eigenvalue weighted by molar-refractivity contribution is 5.53. The second kappa shape index (κ2) is 8.20. The van der Waals surface area contributed by atoms with E-state index < -0.39 is 0 Å². The number of aryl methyl sites for hydroxylation is 1. The Labute approximate surface area is 155 Å². The Morgan fingerprint density at radius 3 is 2.85 bits per heavy atom. The van der Waals surface area contributed by atoms with Crippen molar-refractivity contribution < 1.29 is 9.47 Å². The van der Waals surface area contributed by atoms with Crippen LogP contribution in [0, 0.1) is 5.92 Å². The molecule has 2 aliphatic heterocycles. The average molecular weight is 356 g/mol. The number of para-hydroxylation sites is 1. The van der Waals surface area contributed by atoms with Gasteiger partial charge in [-0.25, -0.2) is 4.98 Å². The zero-order valence-electron chi connectivity index (χ0n) is 15.4. The molecular weight excluding hydrogens is 328 g/mol. The summed E-state index contributed by atoms with van der Waals surface area (Å²) in [5.74, 6) is 1.50. The number of nitrogens with one attached hydrogen (secondary N) is 1. The van der Waals surface area contributed by atoms with Crippen molar-refractivity contribution in [2.24, 2.45) is 13.0 Å². The zero-order chi connectivity index (χ0) is 17.8. The molecule has 1 N–H and O–H groups in total. The quantitative estimate of drug-likeness (QED) is 0.859. The van der Waals surface area contributed by atoms with Crippen LogP contribution in [0.5, 0.6) is 0 Å². The molecule has 2 saturated heterocycles. The minimum atomic E-state index is 0.0944. The van der Waals surface area contributed by atoms with Crippen LogP contribution in [0.3, 0.4) is 0 Å². The normalized spacial score (nSPS) is 23.5. The first kappa shape index (κ1) is 17.5. The SMILES string of the molecule is Cn1ccnc1[C@@H]1OCC[C@H]1CNCc1ccccc1N1CCOCC1. The molecule has 140 valence electrons. The van der Waals surface area contributed by atoms with Crippen molar-refractivity contribution in [3.05, 3.63) is 48.0 Å². The molecule has 0 spiro atoms. The van der Waals surface area contributed by atoms with E-state index in [1.54, 1.807) is 0 Å². The van der Waals surface area contributed by atoms with Gasteiger partial charge in [-0.05, 0) is 18.1 Å². The van der Waals surface area contributed by atoms with Crippen LogP contribution in [0.15, 0.2) is 36.7 Å². The molecule has 0 saturated carbocycles. The van der Waals surface area contributed by atoms with E-state index in [9.17, 15) is 0 Å². The van der Waals surface area contributed by atoms with E-state index >= 15 is 0 Å². The molecule has 2 atom stereocenters. The maximum absolute atomic E-state index is 5.97. The molecule has 2 aromatic rings. The van der Waals surface area contributed by atoms with Gasteiger partial charge in [0.25, 0.3) is 0 Å². The number of rotatable bonds is 6. The Morgan fingerprint density at radius 2 is 2.04 bits per heavy atom. The molecule has 2 aliphatic rings. The molecule has 3 heterocycles. The van der Waals surface area contributed by atoms with Gasteiger partial charge in [-0.1, -0.05) is 18.2 Å². The van der Waals surface area contributed by atoms with Gasteiger partial charge < -0.3 is 24.3 Å². The molecule has 1 aromatic heterocycles. The third kappa shape index (κ3) is 3.77. The van der Waals surface area contributed by atoms with E-state index in [0.29, 0.717) is 5.92 Å². The summed E-state index contributed by atoms with van der Waals surface area (Å²) in [6.45, 7) is 6.18. The van der Waals surface area contributed by atoms with Crippen molar-refractivity contribution in [1.29, 1.82) is 0 Å². The van der Waals surface area contributed by atoms with Gasteiger partial charge in [0.05, 0.1) is 13.2 Å². The molecule has 0 amide bonds. The lowest BCUT2D eigenvalue weighted by Gasteiger charge is -2.30. The predicted molar refractivity (Wildman–Crippen MR) is 101 cm³/mol. The zero-order valence-corrected chi connectivity index (χ0v) is 15.4. The molecule has 6 nitrogen and oxygen atoms in total. The highest BCUT2D eigenvalue weighted by atomic mass is 16.5. The molecule has 0 bridgehead atoms. The van der Waals surface area contributed by atoms with Gasteiger partial charge in [0.2, 0.25) is 0 Å². The molecule has 0 aliphatic carbocycles. The topological polar surface area (TPSA) is 51.5 Å². The molecule has 0 unspecified atom stereocenters. The fourth-order valence-corrected chi connectivity index (χ4v) is 3.94. The number of aromatic nitrogens is 2. The number of hydrogen-bond donors (Lipinski definition) is 1. The standard InChI is InChI=1S/C20H28N4O2/c1-23-8-7-22-20(23)19-17(6-11-26-19)15-21-14-16-4-2-3-5-18(16)24-9-12-25-13-10-24/h2-5,7-8,17,19,21H,6,9-15H2,1H3/t17-,19+/m0/s1. The highest BCUT2D eigenvalue weighted by Crippen LogP contribution is 2.33. The lowest BCUT2D eigenvalue weighted by Crippen LogP contribution is -2.37. The van der Waals surface area contributed by atoms with E-state index in [1.165, 1.54) is 11.3 Å². The number of hydrogen-bond acceptors (Lipinski definition) is 5. The second-order valence-corrected chi connectivity index (χ2v) is 7.10. The summed E-state index contributed by atoms with van der Waals surface area (Å²) in [6.07, 6.45) is 5.01. The van der Waals surface area contributed by atoms with Gasteiger partial charge in [-0.2, -0.15) is 0 Å². The van der Waals surface area contributed by atoms with Crippen molar-refractivity contribution in [3.8, 4) is 0 Å². The third-order valence-electron chi connectivity index (χ3n) is 5.39. The Balaban J connectivity index is 1.37. The Bertz CT molecular complexity index is 711. The van der Waals surface area contributed by atoms with Gasteiger partial charge in [0.15, 0.2) is 0 Å². The largest absolute Gasteiger partial charge is 0.378 e. The number of ether oxygens (including phenoxy) is 2. The molecule has 2 fully saturated rings. The monoisotopic (exact) mass is 356 g/mol. The molecule has 6 heteroatoms. The van der Waals surface area contributed by atoms with Crippen LogP contribution < -0.4 is 10.2 Å². The van der Waals surface area contributed by atoms with Crippen LogP contribution in [0.25, 0.3) is 0 Å². The van der Waals surface area contributed by atoms with Crippen LogP contribution in [-0.2, 0) is 23.1 Å². The van der Waals surface area contributed by atoms with Crippen molar-refractivity contribution in [1.82, 2.24) is 14.9 Å². The van der Waals surface area contributed by atoms with Crippen LogP contribution in [-0.4, -0.2) is 49.0 Å². The lowest BCUT2D eigenvalue weighted by molar-refractivity contribution is 0.0811. The number of imidazole rings is 1. The molecule has 4 rings (SSSR count). The first-order valence-electron chi connectivity index (χ1n) is 9.53. The van der Waals surface area contributed by atoms with E-state index in [1.807, 2.05) is 19.4 Å². The third-order valence-corrected chi connectivity index (χ3v) is 5.39. The summed E-state index contributed by atoms with van der Waals surface area (Å²) in [6, 6.07) is 8.68. The minimum absolute atomic E-state index is 0.0944. The van der Waals surface area contributed by atoms with Gasteiger partial charge in [-0.3, -0.25) is 0 Å². The van der Waals surface area contributed by atoms with Crippen LogP contribution in [0.2, 0.25) is 0 Å². The van der Waals surface area contributed by atoms with Crippen molar-refractivity contribution in [3.63, 3.8) is 0 Å². The Kier molecular flexibility index (Phi) is 5.53. The summed E-state index contributed by atoms with van der Waals surface area (Å²) in [5, 5.41) is 3.66. The fraction of sp³-hybridized carbons (Fsp3) is 0.550. The molecule has 1 aromatic carbocycles. The van der Waals surface area contributed by atoms with Gasteiger partial charge >= 0.3 is 0 Å². The minimum Gasteiger partial charge on any atom is -0.378 e. The van der Waals surface area contributed by atoms with E-state index in [-0.39, 0.29) is 6.10 Å². The van der Waals surface area contributed by atoms with Crippen LogP contribution in [0.4, 0.5) is 5.69 Å². The number of benzene rings is 1. The first-order valence-corrected chi connectivity index (χ1v) is 9.53. The number of nitrogens with zero attached hydrogens (tertiary/aromatic N) is 3. The summed E-state index contributed by atoms with van der Waals surface area (Å²) in [5.41, 5.74) is 2.67. The van der Waals surface area contributed by atoms with E-state index in [2.05, 4.69) is 44.0 Å². The Morgan fingerprint density at radius 1 is 1.19 bits per heavy atom. The molecule has 26 heavy (non-hydrogen) atoms. The lowest BCUT2D eigenvalue weighted by atomic mass is 10.0. The average Bonchev–Trinajstić information content (AvgIpc) is 3.31. The smallest absolute Gasteiger partial charge is 0.137 e. The summed E-state index contributed by atoms with van der Waals surface area (Å²) in [4.78, 5) is 6.91. The van der Waals surface area contributed by atoms with Crippen LogP contribution in [0.1, 0.15) is 23.9 Å². The maximum Gasteiger partial charge on any atom is 0.137 e. The van der Waals surface area contributed by atoms with E-state index in [4.69, 9.17) is 9.47 Å². The molecular formula is C20H28N4O2. The van der Waals surface area contributed by atoms with Crippen molar-refractivity contribution in [2.75, 3.05) is 44.4 Å². The number of anilines is 1. The predicted octanol–water partition coefficient (Wildman–Crippen LogP) is 2.12. The maximum atomic E-state index is 5.97. The van der Waals surface area contributed by atoms with Crippen molar-refractivity contribution >= 4 is 5.69 Å². The van der Waals surface area contributed by atoms with E-state index in [0.717, 1.165) is 58.2 Å². The summed E-state index contributed by atoms with van der Waals surface area (Å²) < 4.78 is 13.5. The molecule has 0 radical (unpaired) electrons. The number of morpholine rings is 1. The first-order chi connectivity index (χ1) is 12.8. The van der Waals surface area contributed by atoms with Gasteiger partial charge in [0, 0.05) is 63.8 Å². The summed E-state index contributed by atoms with van der Waals surface area (Å²) >= 11 is 0.